The number of aryl methyl sites for hydroxylation is 1. The monoisotopic (exact) mass is 321 g/mol. The van der Waals surface area contributed by atoms with Gasteiger partial charge in [0.15, 0.2) is 0 Å². The van der Waals surface area contributed by atoms with E-state index in [0.717, 1.165) is 12.0 Å². The highest BCUT2D eigenvalue weighted by Gasteiger charge is 2.18. The second-order valence-electron chi connectivity index (χ2n) is 6.00. The topological polar surface area (TPSA) is 59.2 Å². The Morgan fingerprint density at radius 2 is 2.14 bits per heavy atom. The van der Waals surface area contributed by atoms with Crippen molar-refractivity contribution in [2.75, 3.05) is 7.05 Å². The van der Waals surface area contributed by atoms with Crippen LogP contribution in [0.4, 0.5) is 0 Å². The van der Waals surface area contributed by atoms with Gasteiger partial charge in [-0.1, -0.05) is 13.8 Å². The fourth-order valence-electron chi connectivity index (χ4n) is 2.33. The van der Waals surface area contributed by atoms with Crippen LogP contribution in [0.15, 0.2) is 21.2 Å². The van der Waals surface area contributed by atoms with E-state index in [0.29, 0.717) is 30.5 Å². The largest absolute Gasteiger partial charge is 0.421 e. The first-order chi connectivity index (χ1) is 10.5. The van der Waals surface area contributed by atoms with Gasteiger partial charge in [0.2, 0.25) is 17.7 Å². The lowest BCUT2D eigenvalue weighted by Gasteiger charge is -2.26. The van der Waals surface area contributed by atoms with Crippen molar-refractivity contribution in [2.24, 2.45) is 5.92 Å². The number of carbonyl (C=O) groups is 1. The highest BCUT2D eigenvalue weighted by molar-refractivity contribution is 7.08. The van der Waals surface area contributed by atoms with Crippen molar-refractivity contribution in [2.45, 2.75) is 46.1 Å². The van der Waals surface area contributed by atoms with Crippen LogP contribution < -0.4 is 0 Å². The van der Waals surface area contributed by atoms with Gasteiger partial charge in [0, 0.05) is 36.9 Å². The summed E-state index contributed by atoms with van der Waals surface area (Å²) >= 11 is 1.59. The quantitative estimate of drug-likeness (QED) is 0.781. The summed E-state index contributed by atoms with van der Waals surface area (Å²) in [5.74, 6) is 1.72. The average molecular weight is 321 g/mol. The SMILES string of the molecule is CC(C)CC(C)N(C)C(=O)CCc1nnc(-c2ccsc2)o1. The van der Waals surface area contributed by atoms with Crippen LogP contribution in [0.3, 0.4) is 0 Å². The third-order valence-electron chi connectivity index (χ3n) is 3.65. The normalized spacial score (nSPS) is 12.6. The molecule has 0 N–H and O–H groups in total. The number of amides is 1. The van der Waals surface area contributed by atoms with Crippen LogP contribution in [0.25, 0.3) is 11.5 Å². The van der Waals surface area contributed by atoms with Crippen molar-refractivity contribution in [3.8, 4) is 11.5 Å². The molecule has 0 aliphatic carbocycles. The summed E-state index contributed by atoms with van der Waals surface area (Å²) in [6.45, 7) is 6.41. The predicted octanol–water partition coefficient (Wildman–Crippen LogP) is 3.62. The lowest BCUT2D eigenvalue weighted by Crippen LogP contribution is -2.36. The maximum atomic E-state index is 12.2. The zero-order valence-electron chi connectivity index (χ0n) is 13.6. The minimum Gasteiger partial charge on any atom is -0.421 e. The van der Waals surface area contributed by atoms with Gasteiger partial charge in [-0.15, -0.1) is 10.2 Å². The van der Waals surface area contributed by atoms with E-state index in [2.05, 4.69) is 31.0 Å². The molecule has 6 heteroatoms. The minimum absolute atomic E-state index is 0.114. The second kappa shape index (κ2) is 7.54. The molecule has 2 rings (SSSR count). The van der Waals surface area contributed by atoms with E-state index in [1.54, 1.807) is 11.3 Å². The number of hydrogen-bond acceptors (Lipinski definition) is 5. The van der Waals surface area contributed by atoms with Crippen molar-refractivity contribution in [1.29, 1.82) is 0 Å². The standard InChI is InChI=1S/C16H23N3O2S/c1-11(2)9-12(3)19(4)15(20)6-5-14-17-18-16(21-14)13-7-8-22-10-13/h7-8,10-12H,5-6,9H2,1-4H3. The molecule has 0 saturated heterocycles. The summed E-state index contributed by atoms with van der Waals surface area (Å²) in [5, 5.41) is 12.0. The van der Waals surface area contributed by atoms with Gasteiger partial charge in [0.25, 0.3) is 0 Å². The molecule has 2 aromatic rings. The predicted molar refractivity (Wildman–Crippen MR) is 87.6 cm³/mol. The van der Waals surface area contributed by atoms with Gasteiger partial charge in [-0.3, -0.25) is 4.79 Å². The van der Waals surface area contributed by atoms with E-state index in [1.165, 1.54) is 0 Å². The van der Waals surface area contributed by atoms with Crippen molar-refractivity contribution in [3.05, 3.63) is 22.7 Å². The lowest BCUT2D eigenvalue weighted by atomic mass is 10.0. The van der Waals surface area contributed by atoms with Gasteiger partial charge in [-0.2, -0.15) is 11.3 Å². The number of hydrogen-bond donors (Lipinski definition) is 0. The van der Waals surface area contributed by atoms with Gasteiger partial charge < -0.3 is 9.32 Å². The van der Waals surface area contributed by atoms with Crippen molar-refractivity contribution in [1.82, 2.24) is 15.1 Å². The number of thiophene rings is 1. The number of rotatable bonds is 7. The first-order valence-electron chi connectivity index (χ1n) is 7.58. The Morgan fingerprint density at radius 1 is 1.36 bits per heavy atom. The molecule has 5 nitrogen and oxygen atoms in total. The first kappa shape index (κ1) is 16.7. The summed E-state index contributed by atoms with van der Waals surface area (Å²) in [6.07, 6.45) is 1.88. The Balaban J connectivity index is 1.86. The molecule has 22 heavy (non-hydrogen) atoms. The van der Waals surface area contributed by atoms with Crippen LogP contribution in [0.2, 0.25) is 0 Å². The van der Waals surface area contributed by atoms with E-state index in [4.69, 9.17) is 4.42 Å². The molecule has 0 fully saturated rings. The average Bonchev–Trinajstić information content (AvgIpc) is 3.13. The number of nitrogens with zero attached hydrogens (tertiary/aromatic N) is 3. The number of aromatic nitrogens is 2. The maximum Gasteiger partial charge on any atom is 0.248 e. The zero-order chi connectivity index (χ0) is 16.1. The van der Waals surface area contributed by atoms with E-state index < -0.39 is 0 Å². The first-order valence-corrected chi connectivity index (χ1v) is 8.52. The molecule has 0 radical (unpaired) electrons. The molecule has 1 amide bonds. The molecule has 120 valence electrons. The van der Waals surface area contributed by atoms with Crippen LogP contribution in [0.1, 0.15) is 39.5 Å². The summed E-state index contributed by atoms with van der Waals surface area (Å²) < 4.78 is 5.60. The van der Waals surface area contributed by atoms with E-state index in [-0.39, 0.29) is 11.9 Å². The zero-order valence-corrected chi connectivity index (χ0v) is 14.4. The Hall–Kier alpha value is -1.69. The third-order valence-corrected chi connectivity index (χ3v) is 4.34. The summed E-state index contributed by atoms with van der Waals surface area (Å²) in [7, 11) is 1.86. The number of carbonyl (C=O) groups excluding carboxylic acids is 1. The Bertz CT molecular complexity index is 592. The second-order valence-corrected chi connectivity index (χ2v) is 6.78. The van der Waals surface area contributed by atoms with Gasteiger partial charge in [0.1, 0.15) is 0 Å². The Labute approximate surface area is 135 Å². The van der Waals surface area contributed by atoms with Gasteiger partial charge in [0.05, 0.1) is 0 Å². The fraction of sp³-hybridized carbons (Fsp3) is 0.562. The minimum atomic E-state index is 0.114. The molecular formula is C16H23N3O2S. The van der Waals surface area contributed by atoms with Crippen LogP contribution in [-0.2, 0) is 11.2 Å². The molecule has 1 atom stereocenters. The fourth-order valence-corrected chi connectivity index (χ4v) is 2.96. The van der Waals surface area contributed by atoms with Crippen LogP contribution in [0, 0.1) is 5.92 Å². The van der Waals surface area contributed by atoms with Gasteiger partial charge in [-0.05, 0) is 30.7 Å². The highest BCUT2D eigenvalue weighted by Crippen LogP contribution is 2.21. The maximum absolute atomic E-state index is 12.2. The van der Waals surface area contributed by atoms with E-state index in [9.17, 15) is 4.79 Å². The van der Waals surface area contributed by atoms with Crippen LogP contribution in [-0.4, -0.2) is 34.1 Å². The molecule has 2 aromatic heterocycles. The molecule has 1 unspecified atom stereocenters. The smallest absolute Gasteiger partial charge is 0.248 e. The molecule has 0 aliphatic rings. The molecule has 0 aliphatic heterocycles. The van der Waals surface area contributed by atoms with Crippen molar-refractivity contribution in [3.63, 3.8) is 0 Å². The highest BCUT2D eigenvalue weighted by atomic mass is 32.1. The van der Waals surface area contributed by atoms with Crippen molar-refractivity contribution < 1.29 is 9.21 Å². The summed E-state index contributed by atoms with van der Waals surface area (Å²) in [6, 6.07) is 2.19. The van der Waals surface area contributed by atoms with Crippen molar-refractivity contribution >= 4 is 17.2 Å². The van der Waals surface area contributed by atoms with Gasteiger partial charge >= 0.3 is 0 Å². The van der Waals surface area contributed by atoms with Crippen LogP contribution in [0.5, 0.6) is 0 Å². The third kappa shape index (κ3) is 4.40. The molecule has 0 spiro atoms. The lowest BCUT2D eigenvalue weighted by molar-refractivity contribution is -0.131. The molecule has 0 saturated carbocycles. The summed E-state index contributed by atoms with van der Waals surface area (Å²) in [5.41, 5.74) is 0.928. The molecule has 0 aromatic carbocycles. The Kier molecular flexibility index (Phi) is 5.71. The van der Waals surface area contributed by atoms with Crippen LogP contribution >= 0.6 is 11.3 Å². The Morgan fingerprint density at radius 3 is 2.77 bits per heavy atom. The molecule has 0 bridgehead atoms. The summed E-state index contributed by atoms with van der Waals surface area (Å²) in [4.78, 5) is 14.0. The van der Waals surface area contributed by atoms with E-state index in [1.807, 2.05) is 28.8 Å². The molecule has 2 heterocycles. The molecular weight excluding hydrogens is 298 g/mol. The van der Waals surface area contributed by atoms with E-state index >= 15 is 0 Å². The van der Waals surface area contributed by atoms with Gasteiger partial charge in [-0.25, -0.2) is 0 Å².